The van der Waals surface area contributed by atoms with Crippen LogP contribution in [0.5, 0.6) is 0 Å². The summed E-state index contributed by atoms with van der Waals surface area (Å²) in [6.07, 6.45) is 8.51. The van der Waals surface area contributed by atoms with E-state index in [1.807, 2.05) is 24.7 Å². The second-order valence-corrected chi connectivity index (χ2v) is 6.45. The number of rotatable bonds is 4. The number of nitrogens with zero attached hydrogens (tertiary/aromatic N) is 4. The van der Waals surface area contributed by atoms with Crippen LogP contribution in [-0.2, 0) is 13.1 Å². The molecule has 2 aromatic heterocycles. The van der Waals surface area contributed by atoms with Gasteiger partial charge in [0.1, 0.15) is 5.82 Å². The average Bonchev–Trinajstić information content (AvgIpc) is 3.38. The molecular formula is C18H22N4. The van der Waals surface area contributed by atoms with Crippen molar-refractivity contribution >= 4 is 5.82 Å². The third-order valence-electron chi connectivity index (χ3n) is 4.55. The summed E-state index contributed by atoms with van der Waals surface area (Å²) in [6, 6.07) is 8.46. The van der Waals surface area contributed by atoms with Crippen molar-refractivity contribution in [3.05, 3.63) is 54.0 Å². The summed E-state index contributed by atoms with van der Waals surface area (Å²) >= 11 is 0. The molecule has 2 aliphatic rings. The SMILES string of the molecule is c1cncc(CN2CCN(CC3CC3)c3ncccc3C2)c1. The summed E-state index contributed by atoms with van der Waals surface area (Å²) in [7, 11) is 0. The van der Waals surface area contributed by atoms with Gasteiger partial charge in [-0.3, -0.25) is 9.88 Å². The summed E-state index contributed by atoms with van der Waals surface area (Å²) in [6.45, 7) is 5.25. The third kappa shape index (κ3) is 3.12. The van der Waals surface area contributed by atoms with E-state index in [-0.39, 0.29) is 0 Å². The highest BCUT2D eigenvalue weighted by Crippen LogP contribution is 2.32. The first-order valence-corrected chi connectivity index (χ1v) is 8.18. The molecule has 4 rings (SSSR count). The molecule has 3 heterocycles. The van der Waals surface area contributed by atoms with Crippen molar-refractivity contribution in [1.29, 1.82) is 0 Å². The molecule has 4 heteroatoms. The number of anilines is 1. The van der Waals surface area contributed by atoms with E-state index >= 15 is 0 Å². The molecule has 2 aromatic rings. The Hall–Kier alpha value is -1.94. The van der Waals surface area contributed by atoms with E-state index in [9.17, 15) is 0 Å². The van der Waals surface area contributed by atoms with Crippen molar-refractivity contribution in [3.63, 3.8) is 0 Å². The standard InChI is InChI=1S/C18H22N4/c1-3-16(11-19-7-1)12-21-9-10-22(13-15-5-6-15)18-17(14-21)4-2-8-20-18/h1-4,7-8,11,15H,5-6,9-10,12-14H2. The van der Waals surface area contributed by atoms with Gasteiger partial charge in [-0.1, -0.05) is 12.1 Å². The number of aromatic nitrogens is 2. The highest BCUT2D eigenvalue weighted by atomic mass is 15.3. The summed E-state index contributed by atoms with van der Waals surface area (Å²) in [5, 5.41) is 0. The van der Waals surface area contributed by atoms with Crippen LogP contribution in [0.15, 0.2) is 42.9 Å². The van der Waals surface area contributed by atoms with Crippen LogP contribution in [0.3, 0.4) is 0 Å². The molecule has 1 aliphatic heterocycles. The fraction of sp³-hybridized carbons (Fsp3) is 0.444. The van der Waals surface area contributed by atoms with Crippen LogP contribution in [0.1, 0.15) is 24.0 Å². The number of hydrogen-bond acceptors (Lipinski definition) is 4. The second-order valence-electron chi connectivity index (χ2n) is 6.45. The second kappa shape index (κ2) is 6.05. The Morgan fingerprint density at radius 1 is 1.09 bits per heavy atom. The van der Waals surface area contributed by atoms with Crippen LogP contribution in [-0.4, -0.2) is 34.5 Å². The molecule has 1 aliphatic carbocycles. The van der Waals surface area contributed by atoms with Crippen molar-refractivity contribution in [2.24, 2.45) is 5.92 Å². The van der Waals surface area contributed by atoms with Crippen LogP contribution in [0.4, 0.5) is 5.82 Å². The normalized spacial score (nSPS) is 18.8. The maximum atomic E-state index is 4.67. The Balaban J connectivity index is 1.53. The monoisotopic (exact) mass is 294 g/mol. The van der Waals surface area contributed by atoms with Gasteiger partial charge in [0.15, 0.2) is 0 Å². The van der Waals surface area contributed by atoms with Gasteiger partial charge >= 0.3 is 0 Å². The molecule has 0 amide bonds. The lowest BCUT2D eigenvalue weighted by atomic mass is 10.2. The van der Waals surface area contributed by atoms with Crippen molar-refractivity contribution in [3.8, 4) is 0 Å². The van der Waals surface area contributed by atoms with E-state index in [1.165, 1.54) is 36.3 Å². The molecule has 1 saturated carbocycles. The molecule has 0 spiro atoms. The largest absolute Gasteiger partial charge is 0.355 e. The van der Waals surface area contributed by atoms with E-state index < -0.39 is 0 Å². The molecule has 0 saturated heterocycles. The Bertz CT molecular complexity index is 624. The van der Waals surface area contributed by atoms with Gasteiger partial charge in [0, 0.05) is 56.9 Å². The Morgan fingerprint density at radius 2 is 2.00 bits per heavy atom. The molecule has 0 N–H and O–H groups in total. The third-order valence-corrected chi connectivity index (χ3v) is 4.55. The Labute approximate surface area is 131 Å². The topological polar surface area (TPSA) is 32.3 Å². The van der Waals surface area contributed by atoms with E-state index in [1.54, 1.807) is 0 Å². The first kappa shape index (κ1) is 13.7. The molecule has 1 fully saturated rings. The van der Waals surface area contributed by atoms with Crippen LogP contribution >= 0.6 is 0 Å². The van der Waals surface area contributed by atoms with Gasteiger partial charge < -0.3 is 4.90 Å². The van der Waals surface area contributed by atoms with Gasteiger partial charge in [0.25, 0.3) is 0 Å². The minimum atomic E-state index is 0.889. The first-order valence-electron chi connectivity index (χ1n) is 8.18. The summed E-state index contributed by atoms with van der Waals surface area (Å²) in [4.78, 5) is 13.9. The number of fused-ring (bicyclic) bond motifs is 1. The highest BCUT2D eigenvalue weighted by Gasteiger charge is 2.28. The molecule has 4 nitrogen and oxygen atoms in total. The van der Waals surface area contributed by atoms with Crippen molar-refractivity contribution in [1.82, 2.24) is 14.9 Å². The molecule has 0 bridgehead atoms. The van der Waals surface area contributed by atoms with Gasteiger partial charge in [-0.2, -0.15) is 0 Å². The number of hydrogen-bond donors (Lipinski definition) is 0. The van der Waals surface area contributed by atoms with Gasteiger partial charge in [0.05, 0.1) is 0 Å². The minimum absolute atomic E-state index is 0.889. The first-order chi connectivity index (χ1) is 10.9. The van der Waals surface area contributed by atoms with Gasteiger partial charge in [-0.05, 0) is 36.5 Å². The van der Waals surface area contributed by atoms with Gasteiger partial charge in [0.2, 0.25) is 0 Å². The van der Waals surface area contributed by atoms with Crippen LogP contribution < -0.4 is 4.90 Å². The lowest BCUT2D eigenvalue weighted by molar-refractivity contribution is 0.268. The summed E-state index contributed by atoms with van der Waals surface area (Å²) in [5.41, 5.74) is 2.63. The van der Waals surface area contributed by atoms with Gasteiger partial charge in [-0.25, -0.2) is 4.98 Å². The van der Waals surface area contributed by atoms with E-state index in [0.29, 0.717) is 0 Å². The zero-order valence-electron chi connectivity index (χ0n) is 12.9. The predicted molar refractivity (Wildman–Crippen MR) is 87.5 cm³/mol. The smallest absolute Gasteiger partial charge is 0.133 e. The summed E-state index contributed by atoms with van der Waals surface area (Å²) in [5.74, 6) is 2.09. The fourth-order valence-electron chi connectivity index (χ4n) is 3.20. The van der Waals surface area contributed by atoms with Crippen LogP contribution in [0, 0.1) is 5.92 Å². The molecular weight excluding hydrogens is 272 g/mol. The van der Waals surface area contributed by atoms with E-state index in [4.69, 9.17) is 0 Å². The van der Waals surface area contributed by atoms with Crippen molar-refractivity contribution in [2.75, 3.05) is 24.5 Å². The van der Waals surface area contributed by atoms with E-state index in [2.05, 4.69) is 38.0 Å². The highest BCUT2D eigenvalue weighted by molar-refractivity contribution is 5.47. The average molecular weight is 294 g/mol. The molecule has 0 radical (unpaired) electrons. The molecule has 0 unspecified atom stereocenters. The fourth-order valence-corrected chi connectivity index (χ4v) is 3.20. The molecule has 114 valence electrons. The van der Waals surface area contributed by atoms with Gasteiger partial charge in [-0.15, -0.1) is 0 Å². The molecule has 22 heavy (non-hydrogen) atoms. The quantitative estimate of drug-likeness (QED) is 0.868. The lowest BCUT2D eigenvalue weighted by Gasteiger charge is -2.23. The maximum absolute atomic E-state index is 4.67. The maximum Gasteiger partial charge on any atom is 0.133 e. The zero-order valence-corrected chi connectivity index (χ0v) is 12.9. The number of pyridine rings is 2. The Kier molecular flexibility index (Phi) is 3.77. The van der Waals surface area contributed by atoms with Crippen molar-refractivity contribution in [2.45, 2.75) is 25.9 Å². The van der Waals surface area contributed by atoms with E-state index in [0.717, 1.165) is 32.1 Å². The lowest BCUT2D eigenvalue weighted by Crippen LogP contribution is -2.33. The minimum Gasteiger partial charge on any atom is -0.355 e. The predicted octanol–water partition coefficient (Wildman–Crippen LogP) is 2.71. The zero-order chi connectivity index (χ0) is 14.8. The Morgan fingerprint density at radius 3 is 2.82 bits per heavy atom. The van der Waals surface area contributed by atoms with Crippen molar-refractivity contribution < 1.29 is 0 Å². The molecule has 0 aromatic carbocycles. The van der Waals surface area contributed by atoms with Crippen LogP contribution in [0.2, 0.25) is 0 Å². The summed E-state index contributed by atoms with van der Waals surface area (Å²) < 4.78 is 0. The molecule has 0 atom stereocenters. The van der Waals surface area contributed by atoms with Crippen LogP contribution in [0.25, 0.3) is 0 Å².